The number of hydrogen-bond donors (Lipinski definition) is 1. The van der Waals surface area contributed by atoms with Crippen molar-refractivity contribution in [1.29, 1.82) is 0 Å². The summed E-state index contributed by atoms with van der Waals surface area (Å²) in [6, 6.07) is 9.15. The molecule has 1 aromatic carbocycles. The zero-order valence-electron chi connectivity index (χ0n) is 12.4. The van der Waals surface area contributed by atoms with E-state index in [1.807, 2.05) is 24.3 Å². The van der Waals surface area contributed by atoms with Gasteiger partial charge < -0.3 is 10.0 Å². The largest absolute Gasteiger partial charge is 0.478 e. The fourth-order valence-corrected chi connectivity index (χ4v) is 3.04. The predicted octanol–water partition coefficient (Wildman–Crippen LogP) is 3.42. The second-order valence-electron chi connectivity index (χ2n) is 6.09. The Balaban J connectivity index is 2.02. The molecule has 3 rings (SSSR count). The Bertz CT molecular complexity index is 682. The Morgan fingerprint density at radius 3 is 2.81 bits per heavy atom. The van der Waals surface area contributed by atoms with Gasteiger partial charge in [-0.25, -0.2) is 9.78 Å². The van der Waals surface area contributed by atoms with Crippen LogP contribution in [0.2, 0.25) is 0 Å². The van der Waals surface area contributed by atoms with Crippen molar-refractivity contribution < 1.29 is 9.90 Å². The molecular weight excluding hydrogens is 264 g/mol. The van der Waals surface area contributed by atoms with Crippen LogP contribution in [0.15, 0.2) is 30.3 Å². The van der Waals surface area contributed by atoms with Crippen LogP contribution >= 0.6 is 0 Å². The average Bonchev–Trinajstić information content (AvgIpc) is 2.96. The molecule has 0 aliphatic carbocycles. The maximum absolute atomic E-state index is 11.5. The van der Waals surface area contributed by atoms with Gasteiger partial charge >= 0.3 is 5.97 Å². The highest BCUT2D eigenvalue weighted by Gasteiger charge is 2.26. The Morgan fingerprint density at radius 2 is 2.14 bits per heavy atom. The number of carbonyl (C=O) groups is 1. The zero-order chi connectivity index (χ0) is 15.0. The third kappa shape index (κ3) is 2.58. The van der Waals surface area contributed by atoms with Crippen LogP contribution in [-0.2, 0) is 0 Å². The van der Waals surface area contributed by atoms with Crippen molar-refractivity contribution in [2.45, 2.75) is 20.3 Å². The zero-order valence-corrected chi connectivity index (χ0v) is 12.4. The molecule has 1 aromatic heterocycles. The van der Waals surface area contributed by atoms with Gasteiger partial charge in [-0.1, -0.05) is 32.0 Å². The van der Waals surface area contributed by atoms with Crippen LogP contribution < -0.4 is 4.90 Å². The highest BCUT2D eigenvalue weighted by atomic mass is 16.4. The van der Waals surface area contributed by atoms with Crippen molar-refractivity contribution in [3.63, 3.8) is 0 Å². The number of carboxylic acids is 1. The minimum Gasteiger partial charge on any atom is -0.478 e. The van der Waals surface area contributed by atoms with Gasteiger partial charge in [0.1, 0.15) is 5.82 Å². The third-order valence-electron chi connectivity index (χ3n) is 4.42. The standard InChI is InChI=1S/C17H20N2O2/c1-11(2)12-7-8-19(10-12)16-9-14(17(20)21)13-5-3-4-6-15(13)18-16/h3-6,9,11-12H,7-8,10H2,1-2H3,(H,20,21). The minimum atomic E-state index is -0.894. The minimum absolute atomic E-state index is 0.337. The second kappa shape index (κ2) is 5.35. The van der Waals surface area contributed by atoms with E-state index in [4.69, 9.17) is 0 Å². The number of pyridine rings is 1. The van der Waals surface area contributed by atoms with Gasteiger partial charge in [0, 0.05) is 18.5 Å². The molecule has 2 aromatic rings. The van der Waals surface area contributed by atoms with Crippen LogP contribution in [-0.4, -0.2) is 29.1 Å². The van der Waals surface area contributed by atoms with E-state index in [0.29, 0.717) is 22.8 Å². The van der Waals surface area contributed by atoms with E-state index < -0.39 is 5.97 Å². The molecule has 1 aliphatic rings. The number of carboxylic acid groups (broad SMARTS) is 1. The molecule has 0 radical (unpaired) electrons. The fourth-order valence-electron chi connectivity index (χ4n) is 3.04. The number of fused-ring (bicyclic) bond motifs is 1. The predicted molar refractivity (Wildman–Crippen MR) is 83.9 cm³/mol. The normalized spacial score (nSPS) is 18.6. The quantitative estimate of drug-likeness (QED) is 0.938. The second-order valence-corrected chi connectivity index (χ2v) is 6.09. The van der Waals surface area contributed by atoms with E-state index >= 15 is 0 Å². The molecule has 1 atom stereocenters. The first-order chi connectivity index (χ1) is 10.1. The molecule has 1 aliphatic heterocycles. The van der Waals surface area contributed by atoms with Gasteiger partial charge in [-0.05, 0) is 30.4 Å². The van der Waals surface area contributed by atoms with E-state index in [2.05, 4.69) is 23.7 Å². The first kappa shape index (κ1) is 13.9. The van der Waals surface area contributed by atoms with Crippen molar-refractivity contribution in [1.82, 2.24) is 4.98 Å². The number of rotatable bonds is 3. The molecule has 21 heavy (non-hydrogen) atoms. The average molecular weight is 284 g/mol. The lowest BCUT2D eigenvalue weighted by Crippen LogP contribution is -2.22. The summed E-state index contributed by atoms with van der Waals surface area (Å²) in [4.78, 5) is 18.4. The molecule has 0 spiro atoms. The number of nitrogens with zero attached hydrogens (tertiary/aromatic N) is 2. The Hall–Kier alpha value is -2.10. The van der Waals surface area contributed by atoms with Gasteiger partial charge in [0.2, 0.25) is 0 Å². The summed E-state index contributed by atoms with van der Waals surface area (Å²) in [6.07, 6.45) is 1.15. The molecular formula is C17H20N2O2. The number of aromatic carboxylic acids is 1. The molecule has 1 N–H and O–H groups in total. The molecule has 0 amide bonds. The van der Waals surface area contributed by atoms with Crippen LogP contribution in [0.5, 0.6) is 0 Å². The van der Waals surface area contributed by atoms with Gasteiger partial charge in [-0.2, -0.15) is 0 Å². The van der Waals surface area contributed by atoms with Gasteiger partial charge in [0.25, 0.3) is 0 Å². The summed E-state index contributed by atoms with van der Waals surface area (Å²) >= 11 is 0. The molecule has 4 nitrogen and oxygen atoms in total. The first-order valence-corrected chi connectivity index (χ1v) is 7.44. The molecule has 1 unspecified atom stereocenters. The maximum Gasteiger partial charge on any atom is 0.336 e. The van der Waals surface area contributed by atoms with E-state index in [1.54, 1.807) is 6.07 Å². The van der Waals surface area contributed by atoms with Gasteiger partial charge in [-0.3, -0.25) is 0 Å². The van der Waals surface area contributed by atoms with Crippen LogP contribution in [0.4, 0.5) is 5.82 Å². The van der Waals surface area contributed by atoms with Gasteiger partial charge in [-0.15, -0.1) is 0 Å². The number of aromatic nitrogens is 1. The summed E-state index contributed by atoms with van der Waals surface area (Å²) < 4.78 is 0. The van der Waals surface area contributed by atoms with Crippen LogP contribution in [0.25, 0.3) is 10.9 Å². The lowest BCUT2D eigenvalue weighted by Gasteiger charge is -2.20. The number of benzene rings is 1. The summed E-state index contributed by atoms with van der Waals surface area (Å²) in [5, 5.41) is 10.1. The van der Waals surface area contributed by atoms with Crippen LogP contribution in [0, 0.1) is 11.8 Å². The fraction of sp³-hybridized carbons (Fsp3) is 0.412. The monoisotopic (exact) mass is 284 g/mol. The summed E-state index contributed by atoms with van der Waals surface area (Å²) in [7, 11) is 0. The van der Waals surface area contributed by atoms with Crippen LogP contribution in [0.1, 0.15) is 30.6 Å². The summed E-state index contributed by atoms with van der Waals surface area (Å²) in [6.45, 7) is 6.39. The summed E-state index contributed by atoms with van der Waals surface area (Å²) in [5.74, 6) is 1.20. The Morgan fingerprint density at radius 1 is 1.38 bits per heavy atom. The third-order valence-corrected chi connectivity index (χ3v) is 4.42. The van der Waals surface area contributed by atoms with E-state index in [1.165, 1.54) is 0 Å². The lowest BCUT2D eigenvalue weighted by atomic mass is 9.95. The van der Waals surface area contributed by atoms with E-state index in [-0.39, 0.29) is 0 Å². The summed E-state index contributed by atoms with van der Waals surface area (Å²) in [5.41, 5.74) is 1.09. The van der Waals surface area contributed by atoms with Crippen molar-refractivity contribution in [2.24, 2.45) is 11.8 Å². The maximum atomic E-state index is 11.5. The highest BCUT2D eigenvalue weighted by molar-refractivity contribution is 6.03. The molecule has 1 fully saturated rings. The van der Waals surface area contributed by atoms with Gasteiger partial charge in [0.15, 0.2) is 0 Å². The van der Waals surface area contributed by atoms with Crippen molar-refractivity contribution in [2.75, 3.05) is 18.0 Å². The molecule has 110 valence electrons. The number of anilines is 1. The SMILES string of the molecule is CC(C)C1CCN(c2cc(C(=O)O)c3ccccc3n2)C1. The number of para-hydroxylation sites is 1. The molecule has 2 heterocycles. The highest BCUT2D eigenvalue weighted by Crippen LogP contribution is 2.29. The Labute approximate surface area is 124 Å². The smallest absolute Gasteiger partial charge is 0.336 e. The first-order valence-electron chi connectivity index (χ1n) is 7.44. The van der Waals surface area contributed by atoms with Gasteiger partial charge in [0.05, 0.1) is 11.1 Å². The molecule has 0 bridgehead atoms. The topological polar surface area (TPSA) is 53.4 Å². The molecule has 0 saturated carbocycles. The lowest BCUT2D eigenvalue weighted by molar-refractivity contribution is 0.0699. The van der Waals surface area contributed by atoms with Crippen molar-refractivity contribution >= 4 is 22.7 Å². The van der Waals surface area contributed by atoms with Crippen molar-refractivity contribution in [3.8, 4) is 0 Å². The molecule has 1 saturated heterocycles. The van der Waals surface area contributed by atoms with E-state index in [0.717, 1.165) is 30.8 Å². The van der Waals surface area contributed by atoms with Crippen molar-refractivity contribution in [3.05, 3.63) is 35.9 Å². The van der Waals surface area contributed by atoms with Crippen LogP contribution in [0.3, 0.4) is 0 Å². The molecule has 4 heteroatoms. The Kier molecular flexibility index (Phi) is 3.53. The van der Waals surface area contributed by atoms with E-state index in [9.17, 15) is 9.90 Å². The number of hydrogen-bond acceptors (Lipinski definition) is 3.